The molecule has 1 aliphatic heterocycles. The Morgan fingerprint density at radius 2 is 2.21 bits per heavy atom. The van der Waals surface area contributed by atoms with E-state index in [1.807, 2.05) is 47.5 Å². The average molecular weight is 390 g/mol. The first-order chi connectivity index (χ1) is 11.8. The fourth-order valence-electron chi connectivity index (χ4n) is 2.83. The van der Waals surface area contributed by atoms with Crippen LogP contribution in [0.4, 0.5) is 0 Å². The molecule has 1 aromatic carbocycles. The minimum absolute atomic E-state index is 0.0309. The van der Waals surface area contributed by atoms with E-state index >= 15 is 0 Å². The fourth-order valence-corrected chi connectivity index (χ4v) is 3.23. The van der Waals surface area contributed by atoms with Crippen LogP contribution >= 0.6 is 15.9 Å². The van der Waals surface area contributed by atoms with Crippen LogP contribution in [-0.4, -0.2) is 42.0 Å². The summed E-state index contributed by atoms with van der Waals surface area (Å²) in [5.74, 6) is 0.867. The van der Waals surface area contributed by atoms with Gasteiger partial charge in [-0.3, -0.25) is 9.78 Å². The molecule has 1 amide bonds. The Morgan fingerprint density at radius 3 is 3.00 bits per heavy atom. The number of piperazine rings is 1. The van der Waals surface area contributed by atoms with Crippen molar-refractivity contribution in [1.29, 1.82) is 0 Å². The van der Waals surface area contributed by atoms with Crippen molar-refractivity contribution in [3.8, 4) is 5.75 Å². The Morgan fingerprint density at radius 1 is 1.33 bits per heavy atom. The van der Waals surface area contributed by atoms with E-state index in [0.717, 1.165) is 28.9 Å². The first kappa shape index (κ1) is 16.9. The maximum Gasteiger partial charge on any atom is 0.226 e. The molecule has 1 unspecified atom stereocenters. The Balaban J connectivity index is 1.59. The van der Waals surface area contributed by atoms with Crippen LogP contribution in [0.3, 0.4) is 0 Å². The van der Waals surface area contributed by atoms with Crippen molar-refractivity contribution in [2.75, 3.05) is 26.2 Å². The first-order valence-electron chi connectivity index (χ1n) is 8.03. The Bertz CT molecular complexity index is 681. The van der Waals surface area contributed by atoms with Gasteiger partial charge in [0.05, 0.1) is 23.5 Å². The van der Waals surface area contributed by atoms with Gasteiger partial charge in [-0.05, 0) is 39.7 Å². The standard InChI is InChI=1S/C18H20BrN3O2/c19-15-5-1-2-6-17(15)24-11-7-18(23)22-10-9-21-13-16(22)14-4-3-8-20-12-14/h1-6,8,12,16,21H,7,9-11,13H2. The van der Waals surface area contributed by atoms with Gasteiger partial charge >= 0.3 is 0 Å². The summed E-state index contributed by atoms with van der Waals surface area (Å²) in [6.07, 6.45) is 3.94. The Labute approximate surface area is 150 Å². The zero-order valence-corrected chi connectivity index (χ0v) is 14.9. The van der Waals surface area contributed by atoms with E-state index in [-0.39, 0.29) is 11.9 Å². The van der Waals surface area contributed by atoms with Crippen molar-refractivity contribution in [3.63, 3.8) is 0 Å². The maximum atomic E-state index is 12.6. The molecule has 1 fully saturated rings. The molecule has 24 heavy (non-hydrogen) atoms. The van der Waals surface area contributed by atoms with Crippen LogP contribution in [-0.2, 0) is 4.79 Å². The van der Waals surface area contributed by atoms with Gasteiger partial charge in [-0.15, -0.1) is 0 Å². The second-order valence-corrected chi connectivity index (χ2v) is 6.48. The minimum Gasteiger partial charge on any atom is -0.492 e. The number of ether oxygens (including phenoxy) is 1. The summed E-state index contributed by atoms with van der Waals surface area (Å²) in [5.41, 5.74) is 1.06. The molecule has 6 heteroatoms. The highest BCUT2D eigenvalue weighted by Crippen LogP contribution is 2.25. The molecule has 126 valence electrons. The fraction of sp³-hybridized carbons (Fsp3) is 0.333. The van der Waals surface area contributed by atoms with E-state index in [1.165, 1.54) is 0 Å². The van der Waals surface area contributed by atoms with Crippen LogP contribution in [0.25, 0.3) is 0 Å². The third-order valence-corrected chi connectivity index (χ3v) is 4.70. The molecule has 5 nitrogen and oxygen atoms in total. The quantitative estimate of drug-likeness (QED) is 0.853. The number of carbonyl (C=O) groups excluding carboxylic acids is 1. The highest BCUT2D eigenvalue weighted by atomic mass is 79.9. The summed E-state index contributed by atoms with van der Waals surface area (Å²) >= 11 is 3.44. The second-order valence-electron chi connectivity index (χ2n) is 5.62. The third kappa shape index (κ3) is 4.13. The number of amides is 1. The van der Waals surface area contributed by atoms with Gasteiger partial charge in [0.25, 0.3) is 0 Å². The number of carbonyl (C=O) groups is 1. The van der Waals surface area contributed by atoms with Gasteiger partial charge in [-0.25, -0.2) is 0 Å². The smallest absolute Gasteiger partial charge is 0.226 e. The topological polar surface area (TPSA) is 54.5 Å². The Hall–Kier alpha value is -1.92. The molecule has 1 aliphatic rings. The lowest BCUT2D eigenvalue weighted by Gasteiger charge is -2.36. The van der Waals surface area contributed by atoms with Crippen LogP contribution in [0.15, 0.2) is 53.3 Å². The minimum atomic E-state index is 0.0309. The zero-order chi connectivity index (χ0) is 16.8. The lowest BCUT2D eigenvalue weighted by molar-refractivity contribution is -0.135. The van der Waals surface area contributed by atoms with Crippen molar-refractivity contribution >= 4 is 21.8 Å². The molecule has 0 bridgehead atoms. The molecule has 0 aliphatic carbocycles. The summed E-state index contributed by atoms with van der Waals surface area (Å²) in [6.45, 7) is 2.63. The molecule has 0 radical (unpaired) electrons. The van der Waals surface area contributed by atoms with Gasteiger partial charge in [0.2, 0.25) is 5.91 Å². The summed E-state index contributed by atoms with van der Waals surface area (Å²) in [5, 5.41) is 3.35. The largest absolute Gasteiger partial charge is 0.492 e. The lowest BCUT2D eigenvalue weighted by atomic mass is 10.0. The maximum absolute atomic E-state index is 12.6. The first-order valence-corrected chi connectivity index (χ1v) is 8.82. The molecule has 2 heterocycles. The molecule has 2 aromatic rings. The van der Waals surface area contributed by atoms with Gasteiger partial charge in [-0.2, -0.15) is 0 Å². The van der Waals surface area contributed by atoms with Gasteiger partial charge in [0, 0.05) is 32.0 Å². The number of rotatable bonds is 5. The molecule has 1 atom stereocenters. The molecule has 1 N–H and O–H groups in total. The summed E-state index contributed by atoms with van der Waals surface area (Å²) in [7, 11) is 0. The lowest BCUT2D eigenvalue weighted by Crippen LogP contribution is -2.49. The Kier molecular flexibility index (Phi) is 5.82. The third-order valence-electron chi connectivity index (χ3n) is 4.04. The summed E-state index contributed by atoms with van der Waals surface area (Å²) in [4.78, 5) is 18.7. The van der Waals surface area contributed by atoms with Gasteiger partial charge in [-0.1, -0.05) is 18.2 Å². The molecule has 1 saturated heterocycles. The normalized spacial score (nSPS) is 17.5. The predicted molar refractivity (Wildman–Crippen MR) is 95.8 cm³/mol. The van der Waals surface area contributed by atoms with Crippen LogP contribution in [0, 0.1) is 0 Å². The van der Waals surface area contributed by atoms with Crippen LogP contribution in [0.1, 0.15) is 18.0 Å². The molecule has 0 saturated carbocycles. The zero-order valence-electron chi connectivity index (χ0n) is 13.3. The van der Waals surface area contributed by atoms with Gasteiger partial charge in [0.1, 0.15) is 5.75 Å². The van der Waals surface area contributed by atoms with E-state index in [2.05, 4.69) is 26.2 Å². The number of hydrogen-bond donors (Lipinski definition) is 1. The highest BCUT2D eigenvalue weighted by molar-refractivity contribution is 9.10. The van der Waals surface area contributed by atoms with E-state index in [9.17, 15) is 4.79 Å². The van der Waals surface area contributed by atoms with E-state index in [1.54, 1.807) is 6.20 Å². The van der Waals surface area contributed by atoms with Crippen molar-refractivity contribution < 1.29 is 9.53 Å². The molecule has 0 spiro atoms. The van der Waals surface area contributed by atoms with Crippen molar-refractivity contribution in [2.45, 2.75) is 12.5 Å². The number of aromatic nitrogens is 1. The van der Waals surface area contributed by atoms with Crippen molar-refractivity contribution in [1.82, 2.24) is 15.2 Å². The van der Waals surface area contributed by atoms with E-state index in [4.69, 9.17) is 4.74 Å². The van der Waals surface area contributed by atoms with E-state index < -0.39 is 0 Å². The summed E-state index contributed by atoms with van der Waals surface area (Å²) < 4.78 is 6.61. The van der Waals surface area contributed by atoms with Gasteiger partial charge in [0.15, 0.2) is 0 Å². The highest BCUT2D eigenvalue weighted by Gasteiger charge is 2.27. The second kappa shape index (κ2) is 8.26. The van der Waals surface area contributed by atoms with Crippen LogP contribution < -0.4 is 10.1 Å². The number of pyridine rings is 1. The SMILES string of the molecule is O=C(CCOc1ccccc1Br)N1CCNCC1c1cccnc1. The van der Waals surface area contributed by atoms with Crippen molar-refractivity contribution in [2.24, 2.45) is 0 Å². The predicted octanol–water partition coefficient (Wildman–Crippen LogP) is 2.79. The summed E-state index contributed by atoms with van der Waals surface area (Å²) in [6, 6.07) is 11.6. The molecule has 1 aromatic heterocycles. The number of nitrogens with zero attached hydrogens (tertiary/aromatic N) is 2. The van der Waals surface area contributed by atoms with Crippen LogP contribution in [0.2, 0.25) is 0 Å². The molecule has 3 rings (SSSR count). The number of halogens is 1. The van der Waals surface area contributed by atoms with Crippen LogP contribution in [0.5, 0.6) is 5.75 Å². The number of para-hydroxylation sites is 1. The number of hydrogen-bond acceptors (Lipinski definition) is 4. The molecular weight excluding hydrogens is 370 g/mol. The van der Waals surface area contributed by atoms with Crippen molar-refractivity contribution in [3.05, 3.63) is 58.8 Å². The average Bonchev–Trinajstić information content (AvgIpc) is 2.64. The van der Waals surface area contributed by atoms with Gasteiger partial charge < -0.3 is 15.0 Å². The number of nitrogens with one attached hydrogen (secondary N) is 1. The van der Waals surface area contributed by atoms with E-state index in [0.29, 0.717) is 19.6 Å². The molecular formula is C18H20BrN3O2. The monoisotopic (exact) mass is 389 g/mol. The number of benzene rings is 1.